The second-order valence-corrected chi connectivity index (χ2v) is 11.2. The Bertz CT molecular complexity index is 1180. The second-order valence-electron chi connectivity index (χ2n) is 11.2. The standard InChI is InChI=1S/C33H45N3O4/c1-9-12-15-22-36(31(38)28(23(4)10-2)35-32(39)40-33(6,7)8)29(26-20-18-25(11-3)19-21-26)30(37)34-27-17-14-13-16-24(27)5/h3,13-14,16-21,23,28-29H,9-10,12,15,22H2,1-2,4-8H3,(H,34,37)(H,35,39). The fourth-order valence-electron chi connectivity index (χ4n) is 4.34. The summed E-state index contributed by atoms with van der Waals surface area (Å²) >= 11 is 0. The van der Waals surface area contributed by atoms with Crippen molar-refractivity contribution in [2.24, 2.45) is 5.92 Å². The van der Waals surface area contributed by atoms with E-state index in [0.717, 1.165) is 18.4 Å². The summed E-state index contributed by atoms with van der Waals surface area (Å²) in [7, 11) is 0. The van der Waals surface area contributed by atoms with Gasteiger partial charge in [0.25, 0.3) is 5.91 Å². The fraction of sp³-hybridized carbons (Fsp3) is 0.485. The van der Waals surface area contributed by atoms with E-state index in [0.29, 0.717) is 36.2 Å². The van der Waals surface area contributed by atoms with Crippen molar-refractivity contribution >= 4 is 23.6 Å². The Hall–Kier alpha value is -3.79. The molecule has 0 saturated heterocycles. The third kappa shape index (κ3) is 9.44. The largest absolute Gasteiger partial charge is 0.444 e. The molecular weight excluding hydrogens is 502 g/mol. The van der Waals surface area contributed by atoms with Crippen LogP contribution in [0.1, 0.15) is 90.0 Å². The van der Waals surface area contributed by atoms with Gasteiger partial charge in [-0.1, -0.05) is 76.3 Å². The molecular formula is C33H45N3O4. The van der Waals surface area contributed by atoms with Gasteiger partial charge >= 0.3 is 6.09 Å². The van der Waals surface area contributed by atoms with E-state index in [-0.39, 0.29) is 17.7 Å². The van der Waals surface area contributed by atoms with Gasteiger partial charge in [0.1, 0.15) is 17.7 Å². The SMILES string of the molecule is C#Cc1ccc(C(C(=O)Nc2ccccc2C)N(CCCCC)C(=O)C(NC(=O)OC(C)(C)C)C(C)CC)cc1. The van der Waals surface area contributed by atoms with Crippen LogP contribution in [0.3, 0.4) is 0 Å². The topological polar surface area (TPSA) is 87.7 Å². The van der Waals surface area contributed by atoms with E-state index in [2.05, 4.69) is 23.5 Å². The number of hydrogen-bond acceptors (Lipinski definition) is 4. The van der Waals surface area contributed by atoms with Gasteiger partial charge in [-0.05, 0) is 69.4 Å². The number of rotatable bonds is 12. The number of nitrogens with zero attached hydrogens (tertiary/aromatic N) is 1. The third-order valence-corrected chi connectivity index (χ3v) is 6.79. The lowest BCUT2D eigenvalue weighted by Crippen LogP contribution is -2.55. The molecule has 7 nitrogen and oxygen atoms in total. The first-order valence-electron chi connectivity index (χ1n) is 14.1. The molecule has 0 heterocycles. The predicted octanol–water partition coefficient (Wildman–Crippen LogP) is 6.61. The second kappa shape index (κ2) is 15.1. The maximum Gasteiger partial charge on any atom is 0.408 e. The third-order valence-electron chi connectivity index (χ3n) is 6.79. The van der Waals surface area contributed by atoms with Crippen LogP contribution in [0.15, 0.2) is 48.5 Å². The van der Waals surface area contributed by atoms with E-state index in [1.165, 1.54) is 0 Å². The number of anilines is 1. The Morgan fingerprint density at radius 3 is 2.23 bits per heavy atom. The number of benzene rings is 2. The predicted molar refractivity (Wildman–Crippen MR) is 161 cm³/mol. The minimum atomic E-state index is -0.942. The van der Waals surface area contributed by atoms with E-state index in [4.69, 9.17) is 11.2 Å². The molecule has 0 aromatic heterocycles. The first-order chi connectivity index (χ1) is 18.9. The van der Waals surface area contributed by atoms with Crippen molar-refractivity contribution in [3.63, 3.8) is 0 Å². The Morgan fingerprint density at radius 2 is 1.68 bits per heavy atom. The summed E-state index contributed by atoms with van der Waals surface area (Å²) in [5.74, 6) is 1.73. The van der Waals surface area contributed by atoms with Gasteiger partial charge < -0.3 is 20.3 Å². The zero-order valence-electron chi connectivity index (χ0n) is 25.0. The van der Waals surface area contributed by atoms with Crippen LogP contribution in [0.5, 0.6) is 0 Å². The highest BCUT2D eigenvalue weighted by Gasteiger charge is 2.38. The van der Waals surface area contributed by atoms with Gasteiger partial charge in [0.2, 0.25) is 5.91 Å². The maximum absolute atomic E-state index is 14.3. The first-order valence-corrected chi connectivity index (χ1v) is 14.1. The first kappa shape index (κ1) is 32.4. The maximum atomic E-state index is 14.3. The molecule has 2 aromatic carbocycles. The molecule has 2 aromatic rings. The molecule has 40 heavy (non-hydrogen) atoms. The molecule has 3 unspecified atom stereocenters. The van der Waals surface area contributed by atoms with Crippen molar-refractivity contribution in [2.45, 2.75) is 91.8 Å². The normalized spacial score (nSPS) is 13.3. The van der Waals surface area contributed by atoms with Crippen molar-refractivity contribution in [1.82, 2.24) is 10.2 Å². The molecule has 0 radical (unpaired) electrons. The molecule has 0 saturated carbocycles. The van der Waals surface area contributed by atoms with Gasteiger partial charge in [-0.3, -0.25) is 9.59 Å². The minimum absolute atomic E-state index is 0.197. The summed E-state index contributed by atoms with van der Waals surface area (Å²) in [6.45, 7) is 13.5. The molecule has 0 bridgehead atoms. The van der Waals surface area contributed by atoms with E-state index in [9.17, 15) is 14.4 Å². The van der Waals surface area contributed by atoms with Gasteiger partial charge in [0.15, 0.2) is 0 Å². The lowest BCUT2D eigenvalue weighted by atomic mass is 9.95. The summed E-state index contributed by atoms with van der Waals surface area (Å²) in [5.41, 5.74) is 2.17. The number of nitrogens with one attached hydrogen (secondary N) is 2. The van der Waals surface area contributed by atoms with Crippen molar-refractivity contribution < 1.29 is 19.1 Å². The number of para-hydroxylation sites is 1. The molecule has 3 amide bonds. The van der Waals surface area contributed by atoms with Crippen molar-refractivity contribution in [3.05, 3.63) is 65.2 Å². The Morgan fingerprint density at radius 1 is 1.02 bits per heavy atom. The smallest absolute Gasteiger partial charge is 0.408 e. The number of carbonyl (C=O) groups excluding carboxylic acids is 3. The summed E-state index contributed by atoms with van der Waals surface area (Å²) in [5, 5.41) is 5.84. The zero-order valence-corrected chi connectivity index (χ0v) is 25.0. The van der Waals surface area contributed by atoms with Crippen molar-refractivity contribution in [2.75, 3.05) is 11.9 Å². The Kier molecular flexibility index (Phi) is 12.3. The number of ether oxygens (including phenoxy) is 1. The van der Waals surface area contributed by atoms with Gasteiger partial charge in [0, 0.05) is 17.8 Å². The number of hydrogen-bond donors (Lipinski definition) is 2. The Labute approximate surface area is 240 Å². The molecule has 2 N–H and O–H groups in total. The number of alkyl carbamates (subject to hydrolysis) is 1. The van der Waals surface area contributed by atoms with E-state index in [1.807, 2.05) is 45.0 Å². The van der Waals surface area contributed by atoms with Crippen LogP contribution in [0, 0.1) is 25.2 Å². The van der Waals surface area contributed by atoms with Crippen LogP contribution >= 0.6 is 0 Å². The number of aryl methyl sites for hydroxylation is 1. The lowest BCUT2D eigenvalue weighted by molar-refractivity contribution is -0.142. The molecule has 216 valence electrons. The number of carbonyl (C=O) groups is 3. The summed E-state index contributed by atoms with van der Waals surface area (Å²) < 4.78 is 5.48. The average molecular weight is 548 g/mol. The van der Waals surface area contributed by atoms with E-state index >= 15 is 0 Å². The van der Waals surface area contributed by atoms with Gasteiger partial charge in [0.05, 0.1) is 0 Å². The van der Waals surface area contributed by atoms with Crippen molar-refractivity contribution in [3.8, 4) is 12.3 Å². The Balaban J connectivity index is 2.58. The highest BCUT2D eigenvalue weighted by Crippen LogP contribution is 2.28. The van der Waals surface area contributed by atoms with Gasteiger partial charge in [-0.2, -0.15) is 0 Å². The average Bonchev–Trinajstić information content (AvgIpc) is 2.91. The molecule has 0 spiro atoms. The summed E-state index contributed by atoms with van der Waals surface area (Å²) in [6, 6.07) is 12.8. The monoisotopic (exact) mass is 547 g/mol. The van der Waals surface area contributed by atoms with E-state index < -0.39 is 23.8 Å². The number of amides is 3. The highest BCUT2D eigenvalue weighted by atomic mass is 16.6. The van der Waals surface area contributed by atoms with Crippen LogP contribution in [0.25, 0.3) is 0 Å². The van der Waals surface area contributed by atoms with Crippen LogP contribution in [-0.2, 0) is 14.3 Å². The van der Waals surface area contributed by atoms with Gasteiger partial charge in [-0.15, -0.1) is 6.42 Å². The fourth-order valence-corrected chi connectivity index (χ4v) is 4.34. The molecule has 0 fully saturated rings. The van der Waals surface area contributed by atoms with Crippen LogP contribution in [0.2, 0.25) is 0 Å². The number of unbranched alkanes of at least 4 members (excludes halogenated alkanes) is 2. The summed E-state index contributed by atoms with van der Waals surface area (Å²) in [4.78, 5) is 42.8. The quantitative estimate of drug-likeness (QED) is 0.231. The zero-order chi connectivity index (χ0) is 29.9. The lowest BCUT2D eigenvalue weighted by Gasteiger charge is -2.36. The van der Waals surface area contributed by atoms with Crippen molar-refractivity contribution in [1.29, 1.82) is 0 Å². The summed E-state index contributed by atoms with van der Waals surface area (Å²) in [6.07, 6.45) is 8.10. The molecule has 0 aliphatic carbocycles. The molecule has 2 rings (SSSR count). The molecule has 3 atom stereocenters. The van der Waals surface area contributed by atoms with Crippen LogP contribution in [0.4, 0.5) is 10.5 Å². The van der Waals surface area contributed by atoms with E-state index in [1.54, 1.807) is 49.9 Å². The van der Waals surface area contributed by atoms with Gasteiger partial charge in [-0.25, -0.2) is 4.79 Å². The van der Waals surface area contributed by atoms with Crippen LogP contribution in [-0.4, -0.2) is 41.0 Å². The molecule has 7 heteroatoms. The highest BCUT2D eigenvalue weighted by molar-refractivity contribution is 5.99. The number of terminal acetylenes is 1. The molecule has 0 aliphatic rings. The van der Waals surface area contributed by atoms with Crippen LogP contribution < -0.4 is 10.6 Å². The minimum Gasteiger partial charge on any atom is -0.444 e. The molecule has 0 aliphatic heterocycles.